The first kappa shape index (κ1) is 22.5. The molecule has 2 saturated heterocycles. The molecule has 0 radical (unpaired) electrons. The van der Waals surface area contributed by atoms with E-state index in [-0.39, 0.29) is 0 Å². The molecular formula is C29H38N4S. The number of aromatic nitrogens is 1. The van der Waals surface area contributed by atoms with Crippen LogP contribution < -0.4 is 5.32 Å². The van der Waals surface area contributed by atoms with Crippen molar-refractivity contribution < 1.29 is 0 Å². The van der Waals surface area contributed by atoms with Gasteiger partial charge < -0.3 is 10.2 Å². The smallest absolute Gasteiger partial charge is 0.0838 e. The molecule has 1 aliphatic carbocycles. The van der Waals surface area contributed by atoms with Gasteiger partial charge in [-0.1, -0.05) is 37.1 Å². The zero-order valence-electron chi connectivity index (χ0n) is 20.4. The number of hydrogen-bond donors (Lipinski definition) is 1. The molecule has 2 aliphatic heterocycles. The summed E-state index contributed by atoms with van der Waals surface area (Å²) in [6.07, 6.45) is 12.1. The summed E-state index contributed by atoms with van der Waals surface area (Å²) in [5.41, 5.74) is 6.49. The molecule has 0 atom stereocenters. The SMILES string of the molecule is c1cc2nc(-c3ccc(C4(N5CCCCC5)CC4)cc3)cc(NCCCN3CCCCC3)c2s1. The van der Waals surface area contributed by atoms with E-state index in [2.05, 4.69) is 56.9 Å². The minimum atomic E-state index is 0.324. The van der Waals surface area contributed by atoms with Crippen molar-refractivity contribution in [3.8, 4) is 11.3 Å². The number of thiophene rings is 1. The van der Waals surface area contributed by atoms with Crippen LogP contribution in [0, 0.1) is 0 Å². The van der Waals surface area contributed by atoms with Gasteiger partial charge in [-0.05, 0) is 101 Å². The summed E-state index contributed by atoms with van der Waals surface area (Å²) in [4.78, 5) is 10.4. The molecule has 6 rings (SSSR count). The number of piperidine rings is 2. The highest BCUT2D eigenvalue weighted by molar-refractivity contribution is 7.17. The van der Waals surface area contributed by atoms with Crippen LogP contribution in [0.25, 0.3) is 21.5 Å². The predicted octanol–water partition coefficient (Wildman–Crippen LogP) is 6.73. The Bertz CT molecular complexity index is 1090. The second kappa shape index (κ2) is 9.96. The molecule has 0 amide bonds. The lowest BCUT2D eigenvalue weighted by Crippen LogP contribution is -2.39. The third kappa shape index (κ3) is 4.62. The van der Waals surface area contributed by atoms with Gasteiger partial charge in [0.2, 0.25) is 0 Å². The fourth-order valence-corrected chi connectivity index (χ4v) is 6.95. The Hall–Kier alpha value is -1.95. The molecular weight excluding hydrogens is 436 g/mol. The van der Waals surface area contributed by atoms with Gasteiger partial charge in [0.05, 0.1) is 21.6 Å². The number of benzene rings is 1. The lowest BCUT2D eigenvalue weighted by molar-refractivity contribution is 0.145. The highest BCUT2D eigenvalue weighted by atomic mass is 32.1. The zero-order valence-corrected chi connectivity index (χ0v) is 21.2. The summed E-state index contributed by atoms with van der Waals surface area (Å²) in [7, 11) is 0. The molecule has 4 nitrogen and oxygen atoms in total. The summed E-state index contributed by atoms with van der Waals surface area (Å²) < 4.78 is 1.28. The van der Waals surface area contributed by atoms with Crippen molar-refractivity contribution in [1.29, 1.82) is 0 Å². The zero-order chi connectivity index (χ0) is 22.8. The van der Waals surface area contributed by atoms with E-state index in [1.54, 1.807) is 11.3 Å². The van der Waals surface area contributed by atoms with Gasteiger partial charge >= 0.3 is 0 Å². The van der Waals surface area contributed by atoms with Crippen LogP contribution >= 0.6 is 11.3 Å². The minimum Gasteiger partial charge on any atom is -0.384 e. The molecule has 2 aromatic heterocycles. The van der Waals surface area contributed by atoms with Gasteiger partial charge in [-0.3, -0.25) is 4.90 Å². The second-order valence-electron chi connectivity index (χ2n) is 10.5. The Morgan fingerprint density at radius 3 is 2.35 bits per heavy atom. The Morgan fingerprint density at radius 1 is 0.882 bits per heavy atom. The van der Waals surface area contributed by atoms with Crippen molar-refractivity contribution in [3.63, 3.8) is 0 Å². The standard InChI is InChI=1S/C29H38N4S/c1-3-16-32(17-4-1)18-7-15-30-27-22-26(31-25-12-21-34-28(25)27)23-8-10-24(11-9-23)29(13-14-29)33-19-5-2-6-20-33/h8-12,21-22H,1-7,13-20H2,(H,30,31). The fraction of sp³-hybridized carbons (Fsp3) is 0.552. The molecule has 3 aromatic rings. The van der Waals surface area contributed by atoms with Crippen molar-refractivity contribution in [3.05, 3.63) is 47.3 Å². The first-order valence-corrected chi connectivity index (χ1v) is 14.4. The van der Waals surface area contributed by atoms with Crippen LogP contribution in [-0.4, -0.2) is 54.1 Å². The molecule has 34 heavy (non-hydrogen) atoms. The molecule has 1 saturated carbocycles. The van der Waals surface area contributed by atoms with Gasteiger partial charge in [-0.15, -0.1) is 11.3 Å². The Kier molecular flexibility index (Phi) is 6.60. The van der Waals surface area contributed by atoms with Gasteiger partial charge in [-0.2, -0.15) is 0 Å². The summed E-state index contributed by atoms with van der Waals surface area (Å²) in [5.74, 6) is 0. The maximum Gasteiger partial charge on any atom is 0.0838 e. The van der Waals surface area contributed by atoms with Crippen LogP contribution in [0.2, 0.25) is 0 Å². The predicted molar refractivity (Wildman–Crippen MR) is 145 cm³/mol. The van der Waals surface area contributed by atoms with Crippen molar-refractivity contribution in [2.75, 3.05) is 44.6 Å². The quantitative estimate of drug-likeness (QED) is 0.367. The normalized spacial score (nSPS) is 21.1. The Labute approximate surface area is 208 Å². The van der Waals surface area contributed by atoms with Crippen LogP contribution in [0.15, 0.2) is 41.8 Å². The third-order valence-corrected chi connectivity index (χ3v) is 9.17. The van der Waals surface area contributed by atoms with Crippen LogP contribution in [0.4, 0.5) is 5.69 Å². The van der Waals surface area contributed by atoms with E-state index in [1.165, 1.54) is 112 Å². The van der Waals surface area contributed by atoms with E-state index in [4.69, 9.17) is 4.98 Å². The largest absolute Gasteiger partial charge is 0.384 e. The first-order chi connectivity index (χ1) is 16.8. The molecule has 1 N–H and O–H groups in total. The number of nitrogens with one attached hydrogen (secondary N) is 1. The number of hydrogen-bond acceptors (Lipinski definition) is 5. The molecule has 4 heterocycles. The van der Waals surface area contributed by atoms with E-state index in [0.717, 1.165) is 17.8 Å². The number of pyridine rings is 1. The van der Waals surface area contributed by atoms with Crippen molar-refractivity contribution in [1.82, 2.24) is 14.8 Å². The maximum absolute atomic E-state index is 5.02. The number of rotatable bonds is 8. The molecule has 180 valence electrons. The molecule has 0 bridgehead atoms. The topological polar surface area (TPSA) is 31.4 Å². The summed E-state index contributed by atoms with van der Waals surface area (Å²) >= 11 is 1.79. The summed E-state index contributed by atoms with van der Waals surface area (Å²) in [5, 5.41) is 5.91. The lowest BCUT2D eigenvalue weighted by atomic mass is 9.97. The van der Waals surface area contributed by atoms with Gasteiger partial charge in [0.15, 0.2) is 0 Å². The van der Waals surface area contributed by atoms with Gasteiger partial charge in [0.1, 0.15) is 0 Å². The Morgan fingerprint density at radius 2 is 1.62 bits per heavy atom. The highest BCUT2D eigenvalue weighted by Gasteiger charge is 2.49. The monoisotopic (exact) mass is 474 g/mol. The van der Waals surface area contributed by atoms with Crippen LogP contribution in [0.5, 0.6) is 0 Å². The number of fused-ring (bicyclic) bond motifs is 1. The van der Waals surface area contributed by atoms with E-state index in [0.29, 0.717) is 5.54 Å². The minimum absolute atomic E-state index is 0.324. The van der Waals surface area contributed by atoms with Crippen molar-refractivity contribution >= 4 is 27.2 Å². The maximum atomic E-state index is 5.02. The molecule has 5 heteroatoms. The van der Waals surface area contributed by atoms with E-state index >= 15 is 0 Å². The van der Waals surface area contributed by atoms with Crippen LogP contribution in [-0.2, 0) is 5.54 Å². The first-order valence-electron chi connectivity index (χ1n) is 13.5. The third-order valence-electron chi connectivity index (χ3n) is 8.23. The lowest BCUT2D eigenvalue weighted by Gasteiger charge is -2.35. The second-order valence-corrected chi connectivity index (χ2v) is 11.4. The molecule has 0 spiro atoms. The summed E-state index contributed by atoms with van der Waals surface area (Å²) in [6.45, 7) is 7.33. The van der Waals surface area contributed by atoms with E-state index in [9.17, 15) is 0 Å². The average molecular weight is 475 g/mol. The Balaban J connectivity index is 1.16. The number of nitrogens with zero attached hydrogens (tertiary/aromatic N) is 3. The van der Waals surface area contributed by atoms with Crippen molar-refractivity contribution in [2.24, 2.45) is 0 Å². The van der Waals surface area contributed by atoms with Crippen molar-refractivity contribution in [2.45, 2.75) is 63.3 Å². The van der Waals surface area contributed by atoms with Gasteiger partial charge in [0.25, 0.3) is 0 Å². The summed E-state index contributed by atoms with van der Waals surface area (Å²) in [6, 6.07) is 13.8. The number of anilines is 1. The number of likely N-dealkylation sites (tertiary alicyclic amines) is 2. The van der Waals surface area contributed by atoms with Gasteiger partial charge in [-0.25, -0.2) is 4.98 Å². The van der Waals surface area contributed by atoms with E-state index < -0.39 is 0 Å². The fourth-order valence-electron chi connectivity index (χ4n) is 6.12. The molecule has 3 aliphatic rings. The van der Waals surface area contributed by atoms with Crippen LogP contribution in [0.1, 0.15) is 63.4 Å². The van der Waals surface area contributed by atoms with Crippen LogP contribution in [0.3, 0.4) is 0 Å². The van der Waals surface area contributed by atoms with Gasteiger partial charge in [0, 0.05) is 17.6 Å². The van der Waals surface area contributed by atoms with E-state index in [1.807, 2.05) is 0 Å². The molecule has 0 unspecified atom stereocenters. The average Bonchev–Trinajstić information content (AvgIpc) is 3.58. The molecule has 3 fully saturated rings. The highest BCUT2D eigenvalue weighted by Crippen LogP contribution is 2.52. The molecule has 1 aromatic carbocycles.